The van der Waals surface area contributed by atoms with E-state index in [0.717, 1.165) is 67.4 Å². The van der Waals surface area contributed by atoms with Crippen LogP contribution in [0.3, 0.4) is 0 Å². The smallest absolute Gasteiger partial charge is 0.141 e. The maximum atomic E-state index is 13.5. The number of aliphatic hydroxyl groups excluding tert-OH is 1. The fraction of sp³-hybridized carbons (Fsp3) is 0.290. The van der Waals surface area contributed by atoms with Gasteiger partial charge in [-0.1, -0.05) is 30.0 Å². The Kier molecular flexibility index (Phi) is 10.6. The van der Waals surface area contributed by atoms with Gasteiger partial charge in [-0.2, -0.15) is 0 Å². The number of nitrogens with zero attached hydrogens (tertiary/aromatic N) is 3. The molecule has 7 nitrogen and oxygen atoms in total. The molecule has 5 rings (SSSR count). The lowest BCUT2D eigenvalue weighted by Crippen LogP contribution is -2.19. The van der Waals surface area contributed by atoms with Crippen LogP contribution in [0.1, 0.15) is 30.4 Å². The molecule has 0 saturated carbocycles. The van der Waals surface area contributed by atoms with Crippen LogP contribution in [-0.4, -0.2) is 51.9 Å². The van der Waals surface area contributed by atoms with Crippen molar-refractivity contribution in [2.45, 2.75) is 32.0 Å². The quantitative estimate of drug-likeness (QED) is 0.195. The Hall–Kier alpha value is -3.84. The van der Waals surface area contributed by atoms with Crippen molar-refractivity contribution in [3.8, 4) is 23.8 Å². The normalized spacial score (nSPS) is 15.3. The van der Waals surface area contributed by atoms with Crippen LogP contribution in [0.4, 0.5) is 15.9 Å². The minimum absolute atomic E-state index is 0.184. The Labute approximate surface area is 238 Å². The standard InChI is InChI=1S/C30H29FN4O2S.CH4O/c1-3-22-17-24(9-12-29(22)36-19-21-6-4-7-23(31)16-21)34-30-27-18-26(10-11-28(27)32-20-33-30)37-25-8-5-14-35(38-2)15-13-25;1-2/h1,4,6-7,9-12,16-18,20,25H,5,8,13-15,19H2,2H3,(H,32,33,34);2H,1H3. The van der Waals surface area contributed by atoms with Gasteiger partial charge >= 0.3 is 0 Å². The summed E-state index contributed by atoms with van der Waals surface area (Å²) in [6, 6.07) is 17.7. The van der Waals surface area contributed by atoms with Gasteiger partial charge in [-0.3, -0.25) is 4.31 Å². The van der Waals surface area contributed by atoms with Gasteiger partial charge in [-0.05, 0) is 79.6 Å². The number of halogens is 1. The van der Waals surface area contributed by atoms with Crippen LogP contribution in [0.25, 0.3) is 10.9 Å². The number of terminal acetylenes is 1. The fourth-order valence-corrected chi connectivity index (χ4v) is 5.11. The highest BCUT2D eigenvalue weighted by Crippen LogP contribution is 2.30. The number of rotatable bonds is 8. The van der Waals surface area contributed by atoms with E-state index in [9.17, 15) is 4.39 Å². The molecule has 1 saturated heterocycles. The Morgan fingerprint density at radius 3 is 2.77 bits per heavy atom. The minimum Gasteiger partial charge on any atom is -0.490 e. The van der Waals surface area contributed by atoms with E-state index >= 15 is 0 Å². The van der Waals surface area contributed by atoms with E-state index in [1.807, 2.05) is 36.4 Å². The van der Waals surface area contributed by atoms with Gasteiger partial charge in [-0.25, -0.2) is 14.4 Å². The van der Waals surface area contributed by atoms with Gasteiger partial charge in [0.2, 0.25) is 0 Å². The van der Waals surface area contributed by atoms with Crippen LogP contribution < -0.4 is 14.8 Å². The summed E-state index contributed by atoms with van der Waals surface area (Å²) in [5.74, 6) is 4.39. The van der Waals surface area contributed by atoms with E-state index in [-0.39, 0.29) is 18.5 Å². The number of hydrogen-bond donors (Lipinski definition) is 2. The Balaban J connectivity index is 0.00000181. The molecule has 2 heterocycles. The lowest BCUT2D eigenvalue weighted by Gasteiger charge is -2.18. The zero-order chi connectivity index (χ0) is 28.3. The molecule has 1 aromatic heterocycles. The molecule has 9 heteroatoms. The molecule has 0 radical (unpaired) electrons. The molecule has 0 spiro atoms. The molecule has 0 amide bonds. The third-order valence-corrected chi connectivity index (χ3v) is 7.36. The number of ether oxygens (including phenoxy) is 2. The second-order valence-electron chi connectivity index (χ2n) is 9.08. The van der Waals surface area contributed by atoms with Crippen molar-refractivity contribution >= 4 is 34.4 Å². The lowest BCUT2D eigenvalue weighted by molar-refractivity contribution is 0.186. The summed E-state index contributed by atoms with van der Waals surface area (Å²) in [7, 11) is 1.00. The first kappa shape index (κ1) is 29.2. The Bertz CT molecular complexity index is 1460. The van der Waals surface area contributed by atoms with Gasteiger partial charge in [0, 0.05) is 31.3 Å². The topological polar surface area (TPSA) is 79.7 Å². The van der Waals surface area contributed by atoms with Crippen LogP contribution in [-0.2, 0) is 6.61 Å². The van der Waals surface area contributed by atoms with Crippen LogP contribution >= 0.6 is 11.9 Å². The molecule has 1 aliphatic heterocycles. The van der Waals surface area contributed by atoms with Crippen molar-refractivity contribution in [1.82, 2.24) is 14.3 Å². The average Bonchev–Trinajstić information content (AvgIpc) is 3.22. The summed E-state index contributed by atoms with van der Waals surface area (Å²) < 4.78 is 28.1. The summed E-state index contributed by atoms with van der Waals surface area (Å²) in [5, 5.41) is 11.2. The van der Waals surface area contributed by atoms with E-state index in [2.05, 4.69) is 31.8 Å². The monoisotopic (exact) mass is 560 g/mol. The highest BCUT2D eigenvalue weighted by Gasteiger charge is 2.18. The Morgan fingerprint density at radius 1 is 1.10 bits per heavy atom. The Morgan fingerprint density at radius 2 is 1.98 bits per heavy atom. The van der Waals surface area contributed by atoms with Gasteiger partial charge in [0.25, 0.3) is 0 Å². The van der Waals surface area contributed by atoms with E-state index < -0.39 is 0 Å². The maximum absolute atomic E-state index is 13.5. The van der Waals surface area contributed by atoms with Crippen molar-refractivity contribution in [3.05, 3.63) is 83.9 Å². The SMILES string of the molecule is C#Cc1cc(Nc2ncnc3ccc(OC4CCCN(SC)CC4)cc23)ccc1OCc1cccc(F)c1.CO. The van der Waals surface area contributed by atoms with Gasteiger partial charge in [0.05, 0.1) is 11.1 Å². The number of fused-ring (bicyclic) bond motifs is 1. The number of anilines is 2. The molecule has 208 valence electrons. The van der Waals surface area contributed by atoms with Gasteiger partial charge in [-0.15, -0.1) is 6.42 Å². The molecular formula is C31H33FN4O3S. The highest BCUT2D eigenvalue weighted by atomic mass is 32.2. The molecule has 1 atom stereocenters. The van der Waals surface area contributed by atoms with Gasteiger partial charge in [0.1, 0.15) is 42.2 Å². The predicted octanol–water partition coefficient (Wildman–Crippen LogP) is 6.19. The van der Waals surface area contributed by atoms with Crippen molar-refractivity contribution in [3.63, 3.8) is 0 Å². The molecule has 2 N–H and O–H groups in total. The van der Waals surface area contributed by atoms with Crippen LogP contribution in [0.15, 0.2) is 67.0 Å². The van der Waals surface area contributed by atoms with E-state index in [4.69, 9.17) is 21.0 Å². The number of nitrogens with one attached hydrogen (secondary N) is 1. The van der Waals surface area contributed by atoms with Crippen molar-refractivity contribution in [2.75, 3.05) is 31.8 Å². The third kappa shape index (κ3) is 7.63. The first-order valence-electron chi connectivity index (χ1n) is 13.0. The molecule has 1 fully saturated rings. The van der Waals surface area contributed by atoms with E-state index in [1.54, 1.807) is 24.1 Å². The highest BCUT2D eigenvalue weighted by molar-refractivity contribution is 7.96. The summed E-state index contributed by atoms with van der Waals surface area (Å²) in [6.45, 7) is 2.33. The summed E-state index contributed by atoms with van der Waals surface area (Å²) in [6.07, 6.45) is 12.8. The molecular weight excluding hydrogens is 527 g/mol. The number of hydrogen-bond acceptors (Lipinski definition) is 8. The molecule has 3 aromatic carbocycles. The van der Waals surface area contributed by atoms with Crippen LogP contribution in [0.2, 0.25) is 0 Å². The van der Waals surface area contributed by atoms with Crippen LogP contribution in [0, 0.1) is 18.2 Å². The molecule has 4 aromatic rings. The fourth-order valence-electron chi connectivity index (χ4n) is 4.51. The minimum atomic E-state index is -0.301. The first-order chi connectivity index (χ1) is 19.6. The molecule has 40 heavy (non-hydrogen) atoms. The summed E-state index contributed by atoms with van der Waals surface area (Å²) in [5.41, 5.74) is 2.90. The van der Waals surface area contributed by atoms with Crippen LogP contribution in [0.5, 0.6) is 11.5 Å². The molecule has 0 bridgehead atoms. The third-order valence-electron chi connectivity index (χ3n) is 6.48. The summed E-state index contributed by atoms with van der Waals surface area (Å²) >= 11 is 1.80. The number of benzene rings is 3. The first-order valence-corrected chi connectivity index (χ1v) is 14.2. The lowest BCUT2D eigenvalue weighted by atomic mass is 10.1. The average molecular weight is 561 g/mol. The van der Waals surface area contributed by atoms with Crippen molar-refractivity contribution in [2.24, 2.45) is 0 Å². The van der Waals surface area contributed by atoms with Crippen molar-refractivity contribution in [1.29, 1.82) is 0 Å². The second-order valence-corrected chi connectivity index (χ2v) is 9.96. The maximum Gasteiger partial charge on any atom is 0.141 e. The number of aromatic nitrogens is 2. The zero-order valence-corrected chi connectivity index (χ0v) is 23.5. The van der Waals surface area contributed by atoms with Gasteiger partial charge in [0.15, 0.2) is 0 Å². The van der Waals surface area contributed by atoms with E-state index in [0.29, 0.717) is 17.1 Å². The molecule has 1 aliphatic rings. The second kappa shape index (κ2) is 14.5. The largest absolute Gasteiger partial charge is 0.490 e. The predicted molar refractivity (Wildman–Crippen MR) is 159 cm³/mol. The van der Waals surface area contributed by atoms with Gasteiger partial charge < -0.3 is 19.9 Å². The van der Waals surface area contributed by atoms with Crippen molar-refractivity contribution < 1.29 is 19.0 Å². The zero-order valence-electron chi connectivity index (χ0n) is 22.6. The molecule has 1 unspecified atom stereocenters. The van der Waals surface area contributed by atoms with E-state index in [1.165, 1.54) is 18.5 Å². The number of aliphatic hydroxyl groups is 1. The summed E-state index contributed by atoms with van der Waals surface area (Å²) in [4.78, 5) is 8.90. The molecule has 0 aliphatic carbocycles.